The summed E-state index contributed by atoms with van der Waals surface area (Å²) in [5, 5.41) is 0. The molecule has 0 aliphatic heterocycles. The summed E-state index contributed by atoms with van der Waals surface area (Å²) in [4.78, 5) is 15.3. The van der Waals surface area contributed by atoms with Crippen molar-refractivity contribution in [2.45, 2.75) is 6.18 Å². The molecule has 2 N–H and O–H groups in total. The molecule has 1 aromatic heterocycles. The number of nitrogens with zero attached hydrogens (tertiary/aromatic N) is 2. The molecule has 1 aromatic rings. The SMILES string of the molecule is CN(CC(F)(F)F)C(=O)c1cc(F)cnc1N. The van der Waals surface area contributed by atoms with Crippen LogP contribution in [-0.2, 0) is 0 Å². The molecular weight excluding hydrogens is 242 g/mol. The average Bonchev–Trinajstić information content (AvgIpc) is 2.18. The summed E-state index contributed by atoms with van der Waals surface area (Å²) in [6.07, 6.45) is -3.75. The smallest absolute Gasteiger partial charge is 0.383 e. The molecular formula is C9H9F4N3O. The fourth-order valence-electron chi connectivity index (χ4n) is 1.17. The van der Waals surface area contributed by atoms with Gasteiger partial charge in [-0.15, -0.1) is 0 Å². The zero-order chi connectivity index (χ0) is 13.2. The first-order valence-electron chi connectivity index (χ1n) is 4.44. The molecule has 0 aliphatic rings. The fourth-order valence-corrected chi connectivity index (χ4v) is 1.17. The van der Waals surface area contributed by atoms with Gasteiger partial charge in [-0.05, 0) is 6.07 Å². The second kappa shape index (κ2) is 4.56. The van der Waals surface area contributed by atoms with Gasteiger partial charge >= 0.3 is 6.18 Å². The summed E-state index contributed by atoms with van der Waals surface area (Å²) in [5.74, 6) is -2.19. The molecule has 1 amide bonds. The van der Waals surface area contributed by atoms with Crippen molar-refractivity contribution in [1.29, 1.82) is 0 Å². The van der Waals surface area contributed by atoms with Crippen LogP contribution in [0, 0.1) is 5.82 Å². The third-order valence-electron chi connectivity index (χ3n) is 1.88. The predicted molar refractivity (Wildman–Crippen MR) is 51.6 cm³/mol. The molecule has 0 atom stereocenters. The number of amides is 1. The second-order valence-electron chi connectivity index (χ2n) is 3.36. The van der Waals surface area contributed by atoms with Crippen LogP contribution < -0.4 is 5.73 Å². The number of aromatic nitrogens is 1. The maximum absolute atomic E-state index is 12.8. The van der Waals surface area contributed by atoms with Crippen LogP contribution in [0.1, 0.15) is 10.4 Å². The van der Waals surface area contributed by atoms with Crippen molar-refractivity contribution in [2.24, 2.45) is 0 Å². The number of pyridine rings is 1. The van der Waals surface area contributed by atoms with E-state index < -0.39 is 30.0 Å². The Hall–Kier alpha value is -1.86. The Morgan fingerprint density at radius 1 is 1.53 bits per heavy atom. The molecule has 4 nitrogen and oxygen atoms in total. The van der Waals surface area contributed by atoms with Gasteiger partial charge in [0.05, 0.1) is 11.8 Å². The van der Waals surface area contributed by atoms with Crippen LogP contribution in [0.5, 0.6) is 0 Å². The number of halogens is 4. The number of anilines is 1. The second-order valence-corrected chi connectivity index (χ2v) is 3.36. The van der Waals surface area contributed by atoms with Crippen LogP contribution in [0.25, 0.3) is 0 Å². The lowest BCUT2D eigenvalue weighted by Crippen LogP contribution is -2.36. The molecule has 0 aromatic carbocycles. The van der Waals surface area contributed by atoms with Gasteiger partial charge in [0.25, 0.3) is 5.91 Å². The highest BCUT2D eigenvalue weighted by atomic mass is 19.4. The van der Waals surface area contributed by atoms with Gasteiger partial charge in [0.1, 0.15) is 18.2 Å². The van der Waals surface area contributed by atoms with E-state index in [1.165, 1.54) is 0 Å². The number of hydrogen-bond donors (Lipinski definition) is 1. The standard InChI is InChI=1S/C9H9F4N3O/c1-16(4-9(11,12)13)8(17)6-2-5(10)3-15-7(6)14/h2-3H,4H2,1H3,(H2,14,15). The number of hydrogen-bond acceptors (Lipinski definition) is 3. The average molecular weight is 251 g/mol. The minimum atomic E-state index is -4.53. The van der Waals surface area contributed by atoms with Gasteiger partial charge in [-0.3, -0.25) is 4.79 Å². The van der Waals surface area contributed by atoms with Crippen LogP contribution >= 0.6 is 0 Å². The summed E-state index contributed by atoms with van der Waals surface area (Å²) < 4.78 is 48.9. The highest BCUT2D eigenvalue weighted by molar-refractivity contribution is 5.98. The molecule has 1 heterocycles. The van der Waals surface area contributed by atoms with Gasteiger partial charge in [0.2, 0.25) is 0 Å². The van der Waals surface area contributed by atoms with Gasteiger partial charge in [-0.2, -0.15) is 13.2 Å². The highest BCUT2D eigenvalue weighted by Crippen LogP contribution is 2.18. The van der Waals surface area contributed by atoms with Crippen molar-refractivity contribution in [3.63, 3.8) is 0 Å². The van der Waals surface area contributed by atoms with E-state index in [0.29, 0.717) is 4.90 Å². The summed E-state index contributed by atoms with van der Waals surface area (Å²) in [6.45, 7) is -1.44. The number of nitrogen functional groups attached to an aromatic ring is 1. The maximum atomic E-state index is 12.8. The first-order chi connectivity index (χ1) is 7.70. The van der Waals surface area contributed by atoms with E-state index in [2.05, 4.69) is 4.98 Å². The number of carbonyl (C=O) groups excluding carboxylic acids is 1. The van der Waals surface area contributed by atoms with Gasteiger partial charge in [-0.25, -0.2) is 9.37 Å². The molecule has 0 aliphatic carbocycles. The Balaban J connectivity index is 2.93. The molecule has 17 heavy (non-hydrogen) atoms. The topological polar surface area (TPSA) is 59.2 Å². The first kappa shape index (κ1) is 13.2. The van der Waals surface area contributed by atoms with E-state index in [9.17, 15) is 22.4 Å². The van der Waals surface area contributed by atoms with Crippen LogP contribution in [0.15, 0.2) is 12.3 Å². The predicted octanol–water partition coefficient (Wildman–Crippen LogP) is 1.44. The molecule has 8 heteroatoms. The lowest BCUT2D eigenvalue weighted by Gasteiger charge is -2.19. The highest BCUT2D eigenvalue weighted by Gasteiger charge is 2.32. The fraction of sp³-hybridized carbons (Fsp3) is 0.333. The monoisotopic (exact) mass is 251 g/mol. The normalized spacial score (nSPS) is 11.4. The Morgan fingerprint density at radius 3 is 2.65 bits per heavy atom. The largest absolute Gasteiger partial charge is 0.406 e. The summed E-state index contributed by atoms with van der Waals surface area (Å²) in [7, 11) is 0.945. The first-order valence-corrected chi connectivity index (χ1v) is 4.44. The van der Waals surface area contributed by atoms with Crippen molar-refractivity contribution in [3.8, 4) is 0 Å². The van der Waals surface area contributed by atoms with E-state index in [0.717, 1.165) is 19.3 Å². The van der Waals surface area contributed by atoms with Crippen molar-refractivity contribution >= 4 is 11.7 Å². The molecule has 0 radical (unpaired) electrons. The summed E-state index contributed by atoms with van der Waals surface area (Å²) in [6, 6.07) is 0.748. The van der Waals surface area contributed by atoms with Crippen LogP contribution in [0.2, 0.25) is 0 Å². The summed E-state index contributed by atoms with van der Waals surface area (Å²) >= 11 is 0. The molecule has 0 saturated heterocycles. The van der Waals surface area contributed by atoms with Crippen molar-refractivity contribution in [3.05, 3.63) is 23.6 Å². The number of carbonyl (C=O) groups is 1. The van der Waals surface area contributed by atoms with E-state index >= 15 is 0 Å². The molecule has 0 spiro atoms. The minimum Gasteiger partial charge on any atom is -0.383 e. The molecule has 0 fully saturated rings. The zero-order valence-corrected chi connectivity index (χ0v) is 8.75. The Morgan fingerprint density at radius 2 is 2.12 bits per heavy atom. The third-order valence-corrected chi connectivity index (χ3v) is 1.88. The number of rotatable bonds is 2. The van der Waals surface area contributed by atoms with E-state index in [1.54, 1.807) is 0 Å². The molecule has 0 bridgehead atoms. The third kappa shape index (κ3) is 3.58. The van der Waals surface area contributed by atoms with Gasteiger partial charge in [0, 0.05) is 7.05 Å². The maximum Gasteiger partial charge on any atom is 0.406 e. The van der Waals surface area contributed by atoms with Gasteiger partial charge < -0.3 is 10.6 Å². The summed E-state index contributed by atoms with van der Waals surface area (Å²) in [5.41, 5.74) is 4.89. The molecule has 94 valence electrons. The van der Waals surface area contributed by atoms with E-state index in [-0.39, 0.29) is 5.82 Å². The lowest BCUT2D eigenvalue weighted by atomic mass is 10.2. The lowest BCUT2D eigenvalue weighted by molar-refractivity contribution is -0.138. The van der Waals surface area contributed by atoms with Crippen molar-refractivity contribution in [2.75, 3.05) is 19.3 Å². The van der Waals surface area contributed by atoms with Gasteiger partial charge in [-0.1, -0.05) is 0 Å². The Kier molecular flexibility index (Phi) is 3.54. The minimum absolute atomic E-state index is 0.314. The van der Waals surface area contributed by atoms with Crippen LogP contribution in [0.3, 0.4) is 0 Å². The molecule has 0 unspecified atom stereocenters. The van der Waals surface area contributed by atoms with Gasteiger partial charge in [0.15, 0.2) is 0 Å². The number of alkyl halides is 3. The van der Waals surface area contributed by atoms with Crippen molar-refractivity contribution < 1.29 is 22.4 Å². The molecule has 1 rings (SSSR count). The van der Waals surface area contributed by atoms with Crippen LogP contribution in [-0.4, -0.2) is 35.6 Å². The zero-order valence-electron chi connectivity index (χ0n) is 8.75. The quantitative estimate of drug-likeness (QED) is 0.809. The number of nitrogens with two attached hydrogens (primary N) is 1. The Labute approximate surface area is 94.0 Å². The van der Waals surface area contributed by atoms with Crippen LogP contribution in [0.4, 0.5) is 23.4 Å². The Bertz CT molecular complexity index is 433. The van der Waals surface area contributed by atoms with E-state index in [1.807, 2.05) is 0 Å². The van der Waals surface area contributed by atoms with Crippen molar-refractivity contribution in [1.82, 2.24) is 9.88 Å². The molecule has 0 saturated carbocycles. The van der Waals surface area contributed by atoms with E-state index in [4.69, 9.17) is 5.73 Å².